The molecule has 1 aliphatic carbocycles. The van der Waals surface area contributed by atoms with Gasteiger partial charge in [-0.3, -0.25) is 15.2 Å². The van der Waals surface area contributed by atoms with Gasteiger partial charge in [-0.1, -0.05) is 12.1 Å². The lowest BCUT2D eigenvalue weighted by atomic mass is 9.81. The average Bonchev–Trinajstić information content (AvgIpc) is 3.26. The monoisotopic (exact) mass is 425 g/mol. The standard InChI is InChI=1S/C23H24FN3O4/c1-13-21(25-17-8-4-15(5-9-17)14-2-6-16(24)7-3-14)31-23(29)27(13)18-10-11-19-20(12-18)30-22(28)26-19/h2-3,6-7,10-13,15,17,21,25H,4-5,8-9H2,1H3,(H,26,28)/t13-,15?,17?,21+/m0/s1. The number of hydrogen-bond donors (Lipinski definition) is 2. The molecule has 1 saturated carbocycles. The highest BCUT2D eigenvalue weighted by molar-refractivity contribution is 5.92. The van der Waals surface area contributed by atoms with Crippen LogP contribution in [0.1, 0.15) is 44.1 Å². The van der Waals surface area contributed by atoms with Crippen molar-refractivity contribution < 1.29 is 18.3 Å². The van der Waals surface area contributed by atoms with E-state index >= 15 is 0 Å². The first-order valence-electron chi connectivity index (χ1n) is 10.6. The summed E-state index contributed by atoms with van der Waals surface area (Å²) < 4.78 is 23.9. The highest BCUT2D eigenvalue weighted by Crippen LogP contribution is 2.34. The molecule has 0 unspecified atom stereocenters. The second-order valence-electron chi connectivity index (χ2n) is 8.38. The molecule has 162 valence electrons. The number of H-pyrrole nitrogens is 1. The summed E-state index contributed by atoms with van der Waals surface area (Å²) in [5, 5.41) is 3.50. The van der Waals surface area contributed by atoms with Crippen LogP contribution in [-0.4, -0.2) is 29.4 Å². The minimum Gasteiger partial charge on any atom is -0.428 e. The second kappa shape index (κ2) is 7.85. The van der Waals surface area contributed by atoms with Crippen LogP contribution in [0.5, 0.6) is 0 Å². The fraction of sp³-hybridized carbons (Fsp3) is 0.391. The topological polar surface area (TPSA) is 87.6 Å². The second-order valence-corrected chi connectivity index (χ2v) is 8.38. The van der Waals surface area contributed by atoms with Crippen LogP contribution in [0, 0.1) is 5.82 Å². The molecule has 2 aromatic carbocycles. The van der Waals surface area contributed by atoms with Crippen LogP contribution in [0.15, 0.2) is 51.7 Å². The molecular formula is C23H24FN3O4. The summed E-state index contributed by atoms with van der Waals surface area (Å²) >= 11 is 0. The van der Waals surface area contributed by atoms with Crippen molar-refractivity contribution in [1.29, 1.82) is 0 Å². The Morgan fingerprint density at radius 1 is 1.06 bits per heavy atom. The van der Waals surface area contributed by atoms with E-state index in [0.717, 1.165) is 25.7 Å². The van der Waals surface area contributed by atoms with E-state index in [1.807, 2.05) is 19.1 Å². The first kappa shape index (κ1) is 19.8. The molecule has 1 amide bonds. The molecule has 5 rings (SSSR count). The van der Waals surface area contributed by atoms with Gasteiger partial charge in [-0.2, -0.15) is 0 Å². The van der Waals surface area contributed by atoms with Gasteiger partial charge in [0, 0.05) is 12.1 Å². The number of anilines is 1. The number of amides is 1. The molecule has 7 nitrogen and oxygen atoms in total. The van der Waals surface area contributed by atoms with E-state index in [9.17, 15) is 14.0 Å². The SMILES string of the molecule is C[C@H]1[C@H](NC2CCC(c3ccc(F)cc3)CC2)OC(=O)N1c1ccc2[nH]c(=O)oc2c1. The number of ether oxygens (including phenoxy) is 1. The van der Waals surface area contributed by atoms with Crippen molar-refractivity contribution in [3.63, 3.8) is 0 Å². The van der Waals surface area contributed by atoms with Gasteiger partial charge in [-0.15, -0.1) is 0 Å². The van der Waals surface area contributed by atoms with Crippen molar-refractivity contribution in [2.75, 3.05) is 4.90 Å². The number of rotatable bonds is 4. The lowest BCUT2D eigenvalue weighted by Crippen LogP contribution is -2.47. The van der Waals surface area contributed by atoms with Gasteiger partial charge in [-0.25, -0.2) is 14.0 Å². The van der Waals surface area contributed by atoms with Crippen molar-refractivity contribution in [3.05, 3.63) is 64.4 Å². The van der Waals surface area contributed by atoms with Gasteiger partial charge < -0.3 is 9.15 Å². The molecule has 0 spiro atoms. The summed E-state index contributed by atoms with van der Waals surface area (Å²) in [5.41, 5.74) is 2.79. The van der Waals surface area contributed by atoms with Crippen LogP contribution in [0.25, 0.3) is 11.1 Å². The average molecular weight is 425 g/mol. The normalized spacial score (nSPS) is 26.4. The third-order valence-corrected chi connectivity index (χ3v) is 6.42. The van der Waals surface area contributed by atoms with Gasteiger partial charge >= 0.3 is 11.8 Å². The zero-order valence-corrected chi connectivity index (χ0v) is 17.1. The number of benzene rings is 2. The number of nitrogens with zero attached hydrogens (tertiary/aromatic N) is 1. The molecule has 31 heavy (non-hydrogen) atoms. The minimum atomic E-state index is -0.528. The fourth-order valence-corrected chi connectivity index (χ4v) is 4.72. The predicted octanol–water partition coefficient (Wildman–Crippen LogP) is 4.25. The van der Waals surface area contributed by atoms with E-state index in [0.29, 0.717) is 22.7 Å². The van der Waals surface area contributed by atoms with Crippen LogP contribution in [0.3, 0.4) is 0 Å². The quantitative estimate of drug-likeness (QED) is 0.653. The van der Waals surface area contributed by atoms with E-state index in [2.05, 4.69) is 10.3 Å². The number of cyclic esters (lactones) is 1. The van der Waals surface area contributed by atoms with Crippen LogP contribution in [0.4, 0.5) is 14.9 Å². The Labute approximate surface area is 178 Å². The lowest BCUT2D eigenvalue weighted by molar-refractivity contribution is 0.0961. The van der Waals surface area contributed by atoms with Crippen LogP contribution in [-0.2, 0) is 4.74 Å². The Bertz CT molecular complexity index is 1150. The Hall–Kier alpha value is -3.13. The number of aromatic amines is 1. The van der Waals surface area contributed by atoms with Crippen LogP contribution >= 0.6 is 0 Å². The van der Waals surface area contributed by atoms with E-state index in [-0.39, 0.29) is 17.9 Å². The lowest BCUT2D eigenvalue weighted by Gasteiger charge is -2.32. The molecule has 2 heterocycles. The summed E-state index contributed by atoms with van der Waals surface area (Å²) in [7, 11) is 0. The van der Waals surface area contributed by atoms with Gasteiger partial charge in [0.2, 0.25) is 0 Å². The molecule has 2 aliphatic rings. The zero-order valence-electron chi connectivity index (χ0n) is 17.1. The van der Waals surface area contributed by atoms with Gasteiger partial charge in [0.1, 0.15) is 5.82 Å². The number of fused-ring (bicyclic) bond motifs is 1. The number of carbonyl (C=O) groups excluding carboxylic acids is 1. The Morgan fingerprint density at radius 3 is 2.55 bits per heavy atom. The van der Waals surface area contributed by atoms with Gasteiger partial charge in [0.25, 0.3) is 0 Å². The maximum absolute atomic E-state index is 13.2. The molecule has 0 radical (unpaired) electrons. The smallest absolute Gasteiger partial charge is 0.417 e. The van der Waals surface area contributed by atoms with Crippen LogP contribution < -0.4 is 16.0 Å². The van der Waals surface area contributed by atoms with Crippen molar-refractivity contribution in [2.45, 2.75) is 56.8 Å². The summed E-state index contributed by atoms with van der Waals surface area (Å²) in [6.07, 6.45) is 3.08. The molecule has 1 aromatic heterocycles. The number of nitrogens with one attached hydrogen (secondary N) is 2. The maximum atomic E-state index is 13.2. The highest BCUT2D eigenvalue weighted by Gasteiger charge is 2.41. The Balaban J connectivity index is 1.23. The molecule has 2 fully saturated rings. The summed E-state index contributed by atoms with van der Waals surface area (Å²) in [4.78, 5) is 28.1. The molecule has 8 heteroatoms. The van der Waals surface area contributed by atoms with Gasteiger partial charge in [0.15, 0.2) is 11.8 Å². The minimum absolute atomic E-state index is 0.210. The van der Waals surface area contributed by atoms with E-state index in [4.69, 9.17) is 9.15 Å². The van der Waals surface area contributed by atoms with Crippen LogP contribution in [0.2, 0.25) is 0 Å². The molecule has 1 saturated heterocycles. The summed E-state index contributed by atoms with van der Waals surface area (Å²) in [6, 6.07) is 12.0. The third kappa shape index (κ3) is 3.83. The Morgan fingerprint density at radius 2 is 1.81 bits per heavy atom. The molecule has 0 bridgehead atoms. The summed E-state index contributed by atoms with van der Waals surface area (Å²) in [5.74, 6) is -0.306. The van der Waals surface area contributed by atoms with Gasteiger partial charge in [0.05, 0.1) is 17.2 Å². The molecule has 2 N–H and O–H groups in total. The number of halogens is 1. The molecule has 1 aliphatic heterocycles. The maximum Gasteiger partial charge on any atom is 0.417 e. The van der Waals surface area contributed by atoms with E-state index in [1.54, 1.807) is 23.1 Å². The third-order valence-electron chi connectivity index (χ3n) is 6.42. The largest absolute Gasteiger partial charge is 0.428 e. The number of carbonyl (C=O) groups is 1. The Kier molecular flexibility index (Phi) is 5.02. The zero-order chi connectivity index (χ0) is 21.5. The number of hydrogen-bond acceptors (Lipinski definition) is 5. The van der Waals surface area contributed by atoms with Crippen molar-refractivity contribution >= 4 is 22.9 Å². The molecule has 2 atom stereocenters. The predicted molar refractivity (Wildman–Crippen MR) is 114 cm³/mol. The highest BCUT2D eigenvalue weighted by atomic mass is 19.1. The van der Waals surface area contributed by atoms with Crippen molar-refractivity contribution in [2.24, 2.45) is 0 Å². The molecule has 3 aromatic rings. The number of oxazole rings is 1. The first-order valence-corrected chi connectivity index (χ1v) is 10.6. The fourth-order valence-electron chi connectivity index (χ4n) is 4.72. The van der Waals surface area contributed by atoms with Gasteiger partial charge in [-0.05, 0) is 68.4 Å². The van der Waals surface area contributed by atoms with E-state index < -0.39 is 18.1 Å². The van der Waals surface area contributed by atoms with Crippen molar-refractivity contribution in [1.82, 2.24) is 10.3 Å². The summed E-state index contributed by atoms with van der Waals surface area (Å²) in [6.45, 7) is 1.93. The first-order chi connectivity index (χ1) is 15.0. The van der Waals surface area contributed by atoms with E-state index in [1.165, 1.54) is 17.7 Å². The molecular weight excluding hydrogens is 401 g/mol. The number of aromatic nitrogens is 1. The van der Waals surface area contributed by atoms with Crippen molar-refractivity contribution in [3.8, 4) is 0 Å².